The molecule has 6 nitrogen and oxygen atoms in total. The molecule has 20 heavy (non-hydrogen) atoms. The maximum atomic E-state index is 11.8. The van der Waals surface area contributed by atoms with Gasteiger partial charge in [0.1, 0.15) is 5.69 Å². The Morgan fingerprint density at radius 3 is 2.85 bits per heavy atom. The molecule has 0 aromatic carbocycles. The van der Waals surface area contributed by atoms with Crippen LogP contribution in [-0.2, 0) is 11.2 Å². The molecule has 110 valence electrons. The summed E-state index contributed by atoms with van der Waals surface area (Å²) in [5, 5.41) is 9.56. The smallest absolute Gasteiger partial charge is 0.271 e. The van der Waals surface area contributed by atoms with Crippen LogP contribution in [0.5, 0.6) is 0 Å². The summed E-state index contributed by atoms with van der Waals surface area (Å²) in [6.45, 7) is 4.15. The van der Waals surface area contributed by atoms with E-state index in [1.54, 1.807) is 6.07 Å². The van der Waals surface area contributed by atoms with E-state index < -0.39 is 0 Å². The molecule has 2 amide bonds. The van der Waals surface area contributed by atoms with Crippen molar-refractivity contribution in [2.75, 3.05) is 19.6 Å². The van der Waals surface area contributed by atoms with Crippen LogP contribution < -0.4 is 5.32 Å². The minimum atomic E-state index is -0.224. The summed E-state index contributed by atoms with van der Waals surface area (Å²) in [6.07, 6.45) is 4.43. The summed E-state index contributed by atoms with van der Waals surface area (Å²) in [5.74, 6) is -0.102. The first-order chi connectivity index (χ1) is 9.70. The topological polar surface area (TPSA) is 78.1 Å². The number of H-pyrrole nitrogens is 1. The van der Waals surface area contributed by atoms with E-state index in [1.165, 1.54) is 0 Å². The van der Waals surface area contributed by atoms with Crippen molar-refractivity contribution < 1.29 is 9.59 Å². The van der Waals surface area contributed by atoms with Crippen molar-refractivity contribution in [3.63, 3.8) is 0 Å². The summed E-state index contributed by atoms with van der Waals surface area (Å²) in [4.78, 5) is 25.5. The van der Waals surface area contributed by atoms with Crippen molar-refractivity contribution in [1.82, 2.24) is 20.4 Å². The lowest BCUT2D eigenvalue weighted by atomic mass is 10.2. The molecule has 1 aromatic rings. The highest BCUT2D eigenvalue weighted by molar-refractivity contribution is 5.92. The number of carbonyl (C=O) groups excluding carboxylic acids is 2. The lowest BCUT2D eigenvalue weighted by molar-refractivity contribution is -0.129. The molecule has 1 saturated heterocycles. The number of aromatic amines is 1. The van der Waals surface area contributed by atoms with Gasteiger partial charge in [0.25, 0.3) is 5.91 Å². The second-order valence-corrected chi connectivity index (χ2v) is 5.12. The fraction of sp³-hybridized carbons (Fsp3) is 0.643. The monoisotopic (exact) mass is 278 g/mol. The largest absolute Gasteiger partial charge is 0.350 e. The molecule has 0 atom stereocenters. The van der Waals surface area contributed by atoms with Gasteiger partial charge in [-0.3, -0.25) is 14.7 Å². The number of amides is 2. The van der Waals surface area contributed by atoms with Gasteiger partial charge in [-0.25, -0.2) is 0 Å². The molecule has 0 bridgehead atoms. The molecule has 2 rings (SSSR count). The fourth-order valence-electron chi connectivity index (χ4n) is 2.37. The van der Waals surface area contributed by atoms with Crippen molar-refractivity contribution in [3.8, 4) is 0 Å². The van der Waals surface area contributed by atoms with Crippen LogP contribution in [0.1, 0.15) is 48.8 Å². The Balaban J connectivity index is 1.72. The summed E-state index contributed by atoms with van der Waals surface area (Å²) >= 11 is 0. The van der Waals surface area contributed by atoms with Crippen LogP contribution in [0.3, 0.4) is 0 Å². The van der Waals surface area contributed by atoms with Crippen LogP contribution in [0.15, 0.2) is 6.07 Å². The van der Waals surface area contributed by atoms with E-state index in [0.717, 1.165) is 44.5 Å². The van der Waals surface area contributed by atoms with E-state index >= 15 is 0 Å². The molecular weight excluding hydrogens is 256 g/mol. The number of aryl methyl sites for hydroxylation is 1. The van der Waals surface area contributed by atoms with Crippen molar-refractivity contribution in [1.29, 1.82) is 0 Å². The van der Waals surface area contributed by atoms with Gasteiger partial charge in [-0.05, 0) is 25.3 Å². The number of nitrogens with one attached hydrogen (secondary N) is 2. The quantitative estimate of drug-likeness (QED) is 0.818. The Morgan fingerprint density at radius 1 is 1.40 bits per heavy atom. The summed E-state index contributed by atoms with van der Waals surface area (Å²) in [6, 6.07) is 1.77. The first kappa shape index (κ1) is 14.6. The molecule has 1 aliphatic rings. The van der Waals surface area contributed by atoms with Gasteiger partial charge in [0.2, 0.25) is 5.91 Å². The van der Waals surface area contributed by atoms with E-state index in [2.05, 4.69) is 22.4 Å². The maximum Gasteiger partial charge on any atom is 0.271 e. The van der Waals surface area contributed by atoms with Crippen LogP contribution in [-0.4, -0.2) is 46.5 Å². The van der Waals surface area contributed by atoms with Crippen LogP contribution in [0.4, 0.5) is 0 Å². The lowest BCUT2D eigenvalue weighted by Gasteiger charge is -2.14. The molecule has 6 heteroatoms. The average molecular weight is 278 g/mol. The summed E-state index contributed by atoms with van der Waals surface area (Å²) < 4.78 is 0. The van der Waals surface area contributed by atoms with E-state index in [0.29, 0.717) is 18.7 Å². The minimum Gasteiger partial charge on any atom is -0.350 e. The van der Waals surface area contributed by atoms with Gasteiger partial charge in [-0.2, -0.15) is 5.10 Å². The molecule has 2 heterocycles. The van der Waals surface area contributed by atoms with Crippen LogP contribution in [0.25, 0.3) is 0 Å². The van der Waals surface area contributed by atoms with E-state index in [9.17, 15) is 9.59 Å². The third-order valence-corrected chi connectivity index (χ3v) is 3.47. The number of hydrogen-bond acceptors (Lipinski definition) is 3. The molecule has 1 fully saturated rings. The minimum absolute atomic E-state index is 0.122. The third-order valence-electron chi connectivity index (χ3n) is 3.47. The zero-order valence-corrected chi connectivity index (χ0v) is 11.9. The standard InChI is InChI=1S/C14H22N4O2/c1-2-5-11-10-12(17-16-11)14(20)15-7-6-13(19)18-8-3-4-9-18/h10H,2-9H2,1H3,(H,15,20)(H,16,17). The highest BCUT2D eigenvalue weighted by atomic mass is 16.2. The zero-order chi connectivity index (χ0) is 14.4. The predicted octanol–water partition coefficient (Wildman–Crippen LogP) is 1.10. The number of rotatable bonds is 6. The fourth-order valence-corrected chi connectivity index (χ4v) is 2.37. The second kappa shape index (κ2) is 7.07. The molecule has 0 saturated carbocycles. The number of aromatic nitrogens is 2. The summed E-state index contributed by atoms with van der Waals surface area (Å²) in [7, 11) is 0. The van der Waals surface area contributed by atoms with Gasteiger partial charge in [0.15, 0.2) is 0 Å². The van der Waals surface area contributed by atoms with E-state index in [4.69, 9.17) is 0 Å². The van der Waals surface area contributed by atoms with Gasteiger partial charge >= 0.3 is 0 Å². The molecular formula is C14H22N4O2. The number of nitrogens with zero attached hydrogens (tertiary/aromatic N) is 2. The van der Waals surface area contributed by atoms with Gasteiger partial charge in [0.05, 0.1) is 0 Å². The molecule has 1 aliphatic heterocycles. The summed E-state index contributed by atoms with van der Waals surface area (Å²) in [5.41, 5.74) is 1.35. The number of likely N-dealkylation sites (tertiary alicyclic amines) is 1. The van der Waals surface area contributed by atoms with Crippen molar-refractivity contribution in [2.24, 2.45) is 0 Å². The van der Waals surface area contributed by atoms with Crippen LogP contribution in [0.2, 0.25) is 0 Å². The number of carbonyl (C=O) groups is 2. The normalized spacial score (nSPS) is 14.6. The van der Waals surface area contributed by atoms with Gasteiger partial charge < -0.3 is 10.2 Å². The zero-order valence-electron chi connectivity index (χ0n) is 11.9. The predicted molar refractivity (Wildman–Crippen MR) is 75.3 cm³/mol. The van der Waals surface area contributed by atoms with Crippen molar-refractivity contribution in [3.05, 3.63) is 17.5 Å². The van der Waals surface area contributed by atoms with Gasteiger partial charge in [0, 0.05) is 31.7 Å². The highest BCUT2D eigenvalue weighted by Crippen LogP contribution is 2.08. The molecule has 0 radical (unpaired) electrons. The van der Waals surface area contributed by atoms with Crippen LogP contribution in [0, 0.1) is 0 Å². The number of hydrogen-bond donors (Lipinski definition) is 2. The average Bonchev–Trinajstić information content (AvgIpc) is 3.10. The first-order valence-corrected chi connectivity index (χ1v) is 7.31. The van der Waals surface area contributed by atoms with Crippen molar-refractivity contribution >= 4 is 11.8 Å². The SMILES string of the molecule is CCCc1cc(C(=O)NCCC(=O)N2CCCC2)n[nH]1. The van der Waals surface area contributed by atoms with Gasteiger partial charge in [-0.15, -0.1) is 0 Å². The van der Waals surface area contributed by atoms with E-state index in [-0.39, 0.29) is 11.8 Å². The Morgan fingerprint density at radius 2 is 2.15 bits per heavy atom. The maximum absolute atomic E-state index is 11.8. The first-order valence-electron chi connectivity index (χ1n) is 7.31. The lowest BCUT2D eigenvalue weighted by Crippen LogP contribution is -2.32. The Hall–Kier alpha value is -1.85. The Labute approximate surface area is 118 Å². The van der Waals surface area contributed by atoms with E-state index in [1.807, 2.05) is 4.90 Å². The second-order valence-electron chi connectivity index (χ2n) is 5.12. The molecule has 1 aromatic heterocycles. The molecule has 0 spiro atoms. The Kier molecular flexibility index (Phi) is 5.15. The highest BCUT2D eigenvalue weighted by Gasteiger charge is 2.17. The Bertz CT molecular complexity index is 463. The molecule has 0 aliphatic carbocycles. The van der Waals surface area contributed by atoms with Gasteiger partial charge in [-0.1, -0.05) is 13.3 Å². The van der Waals surface area contributed by atoms with Crippen molar-refractivity contribution in [2.45, 2.75) is 39.0 Å². The third kappa shape index (κ3) is 3.82. The molecule has 2 N–H and O–H groups in total. The molecule has 0 unspecified atom stereocenters. The van der Waals surface area contributed by atoms with Crippen LogP contribution >= 0.6 is 0 Å².